The number of hydrogen-bond donors (Lipinski definition) is 3. The van der Waals surface area contributed by atoms with E-state index in [1.54, 1.807) is 48.5 Å². The van der Waals surface area contributed by atoms with E-state index in [1.165, 1.54) is 60.5 Å². The molecule has 0 aliphatic heterocycles. The van der Waals surface area contributed by atoms with Crippen molar-refractivity contribution in [2.75, 3.05) is 17.7 Å². The summed E-state index contributed by atoms with van der Waals surface area (Å²) in [5.41, 5.74) is 2.74. The van der Waals surface area contributed by atoms with Gasteiger partial charge in [0.2, 0.25) is 5.91 Å². The van der Waals surface area contributed by atoms with Crippen LogP contribution in [-0.4, -0.2) is 36.1 Å². The number of hydrogen-bond acceptors (Lipinski definition) is 7. The molecule has 242 valence electrons. The summed E-state index contributed by atoms with van der Waals surface area (Å²) < 4.78 is 18.6. The van der Waals surface area contributed by atoms with Crippen LogP contribution >= 0.6 is 23.1 Å². The first kappa shape index (κ1) is 33.6. The summed E-state index contributed by atoms with van der Waals surface area (Å²) in [7, 11) is 1.34. The van der Waals surface area contributed by atoms with Crippen LogP contribution in [0.2, 0.25) is 0 Å². The number of esters is 1. The number of carbonyl (C=O) groups excluding carboxylic acids is 4. The van der Waals surface area contributed by atoms with Crippen molar-refractivity contribution < 1.29 is 28.3 Å². The third kappa shape index (κ3) is 8.55. The number of anilines is 2. The molecule has 3 amide bonds. The molecule has 0 fully saturated rings. The quantitative estimate of drug-likeness (QED) is 0.0866. The van der Waals surface area contributed by atoms with Gasteiger partial charge in [0.25, 0.3) is 11.8 Å². The molecule has 1 unspecified atom stereocenters. The second kappa shape index (κ2) is 15.7. The summed E-state index contributed by atoms with van der Waals surface area (Å²) in [5, 5.41) is 8.53. The number of thioether (sulfide) groups is 1. The fourth-order valence-electron chi connectivity index (χ4n) is 5.16. The molecule has 1 heterocycles. The van der Waals surface area contributed by atoms with Crippen molar-refractivity contribution in [3.05, 3.63) is 118 Å². The minimum atomic E-state index is -0.581. The van der Waals surface area contributed by atoms with Gasteiger partial charge in [-0.3, -0.25) is 14.4 Å². The van der Waals surface area contributed by atoms with Crippen molar-refractivity contribution in [1.29, 1.82) is 0 Å². The van der Waals surface area contributed by atoms with Crippen LogP contribution in [0.1, 0.15) is 62.9 Å². The van der Waals surface area contributed by atoms with Gasteiger partial charge in [-0.05, 0) is 91.8 Å². The molecule has 0 saturated carbocycles. The average molecular weight is 672 g/mol. The number of thiophene rings is 1. The Morgan fingerprint density at radius 2 is 1.70 bits per heavy atom. The highest BCUT2D eigenvalue weighted by Crippen LogP contribution is 2.39. The van der Waals surface area contributed by atoms with Crippen molar-refractivity contribution in [2.45, 2.75) is 49.2 Å². The Morgan fingerprint density at radius 1 is 0.957 bits per heavy atom. The van der Waals surface area contributed by atoms with E-state index < -0.39 is 28.9 Å². The zero-order valence-corrected chi connectivity index (χ0v) is 27.6. The second-order valence-electron chi connectivity index (χ2n) is 10.8. The van der Waals surface area contributed by atoms with E-state index >= 15 is 0 Å². The molecule has 4 aromatic rings. The molecule has 1 atom stereocenters. The summed E-state index contributed by atoms with van der Waals surface area (Å²) in [5.74, 6) is -2.16. The SMILES string of the molecule is CCC(Sc1cccc(NC(=O)/C(=C/c2ccc(F)cc2)NC(=O)c2ccccc2)c1)C(=O)Nc1sc2c(c1C(=O)OC)CCCC2. The van der Waals surface area contributed by atoms with Gasteiger partial charge in [-0.2, -0.15) is 0 Å². The Morgan fingerprint density at radius 3 is 2.43 bits per heavy atom. The Labute approximate surface area is 280 Å². The second-order valence-corrected chi connectivity index (χ2v) is 13.2. The van der Waals surface area contributed by atoms with Gasteiger partial charge in [0.15, 0.2) is 0 Å². The van der Waals surface area contributed by atoms with Crippen molar-refractivity contribution in [3.63, 3.8) is 0 Å². The molecule has 3 aromatic carbocycles. The molecule has 47 heavy (non-hydrogen) atoms. The third-order valence-electron chi connectivity index (χ3n) is 7.54. The van der Waals surface area contributed by atoms with Gasteiger partial charge in [-0.25, -0.2) is 9.18 Å². The summed E-state index contributed by atoms with van der Waals surface area (Å²) in [6.07, 6.45) is 5.68. The molecule has 0 radical (unpaired) electrons. The number of amides is 3. The van der Waals surface area contributed by atoms with Gasteiger partial charge in [-0.15, -0.1) is 23.1 Å². The molecule has 0 spiro atoms. The van der Waals surface area contributed by atoms with Gasteiger partial charge in [0.1, 0.15) is 16.5 Å². The summed E-state index contributed by atoms with van der Waals surface area (Å²) >= 11 is 2.78. The highest BCUT2D eigenvalue weighted by Gasteiger charge is 2.28. The molecule has 11 heteroatoms. The summed E-state index contributed by atoms with van der Waals surface area (Å²) in [6, 6.07) is 21.1. The lowest BCUT2D eigenvalue weighted by molar-refractivity contribution is -0.116. The van der Waals surface area contributed by atoms with Crippen LogP contribution < -0.4 is 16.0 Å². The number of aryl methyl sites for hydroxylation is 1. The number of rotatable bonds is 11. The van der Waals surface area contributed by atoms with Crippen molar-refractivity contribution in [3.8, 4) is 0 Å². The summed E-state index contributed by atoms with van der Waals surface area (Å²) in [6.45, 7) is 1.91. The fraction of sp³-hybridized carbons (Fsp3) is 0.222. The first-order chi connectivity index (χ1) is 22.7. The third-order valence-corrected chi connectivity index (χ3v) is 10.1. The number of carbonyl (C=O) groups is 4. The molecule has 8 nitrogen and oxygen atoms in total. The number of halogens is 1. The number of ether oxygens (including phenoxy) is 1. The standard InChI is InChI=1S/C36H34FN3O5S2/c1-3-29(34(43)40-35-31(36(44)45-2)27-14-7-8-15-30(27)47-35)46-26-13-9-12-25(21-26)38-33(42)28(20-22-16-18-24(37)19-17-22)39-32(41)23-10-5-4-6-11-23/h4-6,9-13,16-21,29H,3,7-8,14-15H2,1-2H3,(H,38,42)(H,39,41)(H,40,43)/b28-20-. The Bertz CT molecular complexity index is 1810. The van der Waals surface area contributed by atoms with E-state index in [9.17, 15) is 23.6 Å². The van der Waals surface area contributed by atoms with E-state index in [0.717, 1.165) is 41.0 Å². The average Bonchev–Trinajstić information content (AvgIpc) is 3.45. The maximum atomic E-state index is 13.5. The molecule has 3 N–H and O–H groups in total. The maximum Gasteiger partial charge on any atom is 0.341 e. The van der Waals surface area contributed by atoms with E-state index in [-0.39, 0.29) is 11.6 Å². The predicted octanol–water partition coefficient (Wildman–Crippen LogP) is 7.47. The molecular formula is C36H34FN3O5S2. The molecule has 1 aliphatic carbocycles. The number of methoxy groups -OCH3 is 1. The van der Waals surface area contributed by atoms with Crippen LogP contribution in [0.25, 0.3) is 6.08 Å². The zero-order valence-electron chi connectivity index (χ0n) is 25.9. The molecule has 1 aliphatic rings. The summed E-state index contributed by atoms with van der Waals surface area (Å²) in [4.78, 5) is 54.4. The minimum absolute atomic E-state index is 0.0330. The molecule has 0 saturated heterocycles. The Balaban J connectivity index is 1.31. The number of benzene rings is 3. The molecule has 0 bridgehead atoms. The molecule has 5 rings (SSSR count). The predicted molar refractivity (Wildman–Crippen MR) is 184 cm³/mol. The molecular weight excluding hydrogens is 638 g/mol. The van der Waals surface area contributed by atoms with Crippen LogP contribution in [0.4, 0.5) is 15.1 Å². The highest BCUT2D eigenvalue weighted by atomic mass is 32.2. The van der Waals surface area contributed by atoms with Crippen LogP contribution in [0.15, 0.2) is 89.5 Å². The van der Waals surface area contributed by atoms with E-state index in [1.807, 2.05) is 13.0 Å². The largest absolute Gasteiger partial charge is 0.465 e. The normalized spacial score (nSPS) is 13.2. The minimum Gasteiger partial charge on any atom is -0.465 e. The lowest BCUT2D eigenvalue weighted by Crippen LogP contribution is -2.30. The first-order valence-electron chi connectivity index (χ1n) is 15.2. The van der Waals surface area contributed by atoms with E-state index in [0.29, 0.717) is 33.8 Å². The van der Waals surface area contributed by atoms with Crippen LogP contribution in [-0.2, 0) is 27.2 Å². The highest BCUT2D eigenvalue weighted by molar-refractivity contribution is 8.00. The van der Waals surface area contributed by atoms with Gasteiger partial charge >= 0.3 is 5.97 Å². The van der Waals surface area contributed by atoms with Gasteiger partial charge in [0.05, 0.1) is 17.9 Å². The smallest absolute Gasteiger partial charge is 0.341 e. The molecule has 1 aromatic heterocycles. The lowest BCUT2D eigenvalue weighted by atomic mass is 9.95. The van der Waals surface area contributed by atoms with Gasteiger partial charge in [0, 0.05) is 21.0 Å². The van der Waals surface area contributed by atoms with Crippen molar-refractivity contribution in [2.24, 2.45) is 0 Å². The van der Waals surface area contributed by atoms with Crippen LogP contribution in [0.3, 0.4) is 0 Å². The van der Waals surface area contributed by atoms with Crippen molar-refractivity contribution in [1.82, 2.24) is 5.32 Å². The lowest BCUT2D eigenvalue weighted by Gasteiger charge is -2.16. The number of fused-ring (bicyclic) bond motifs is 1. The van der Waals surface area contributed by atoms with E-state index in [4.69, 9.17) is 4.74 Å². The topological polar surface area (TPSA) is 114 Å². The van der Waals surface area contributed by atoms with Gasteiger partial charge in [-0.1, -0.05) is 43.3 Å². The van der Waals surface area contributed by atoms with E-state index in [2.05, 4.69) is 16.0 Å². The van der Waals surface area contributed by atoms with Crippen LogP contribution in [0, 0.1) is 5.82 Å². The Kier molecular flexibility index (Phi) is 11.2. The van der Waals surface area contributed by atoms with Gasteiger partial charge < -0.3 is 20.7 Å². The first-order valence-corrected chi connectivity index (χ1v) is 16.9. The fourth-order valence-corrected chi connectivity index (χ4v) is 7.46. The monoisotopic (exact) mass is 671 g/mol. The maximum absolute atomic E-state index is 13.5. The number of nitrogens with one attached hydrogen (secondary N) is 3. The van der Waals surface area contributed by atoms with Crippen molar-refractivity contribution >= 4 is 63.6 Å². The Hall–Kier alpha value is -4.74. The van der Waals surface area contributed by atoms with Crippen LogP contribution in [0.5, 0.6) is 0 Å². The zero-order chi connectivity index (χ0) is 33.3.